The Labute approximate surface area is 118 Å². The van der Waals surface area contributed by atoms with Crippen LogP contribution >= 0.6 is 27.3 Å². The molecule has 18 heavy (non-hydrogen) atoms. The molecule has 0 radical (unpaired) electrons. The molecule has 0 aromatic carbocycles. The molecule has 0 N–H and O–H groups in total. The third-order valence-corrected chi connectivity index (χ3v) is 4.87. The lowest BCUT2D eigenvalue weighted by Crippen LogP contribution is -2.19. The number of rotatable bonds is 2. The van der Waals surface area contributed by atoms with Gasteiger partial charge in [-0.25, -0.2) is 0 Å². The molecular weight excluding hydrogens is 310 g/mol. The van der Waals surface area contributed by atoms with Gasteiger partial charge in [0.2, 0.25) is 0 Å². The van der Waals surface area contributed by atoms with Crippen molar-refractivity contribution >= 4 is 33.0 Å². The molecule has 0 fully saturated rings. The van der Waals surface area contributed by atoms with Gasteiger partial charge in [-0.05, 0) is 52.9 Å². The van der Waals surface area contributed by atoms with Crippen LogP contribution in [0.1, 0.15) is 40.4 Å². The lowest BCUT2D eigenvalue weighted by Gasteiger charge is -2.22. The lowest BCUT2D eigenvalue weighted by atomic mass is 9.82. The fourth-order valence-corrected chi connectivity index (χ4v) is 3.65. The van der Waals surface area contributed by atoms with Crippen LogP contribution in [0.5, 0.6) is 0 Å². The number of pyridine rings is 1. The zero-order valence-electron chi connectivity index (χ0n) is 9.73. The first-order chi connectivity index (χ1) is 8.75. The van der Waals surface area contributed by atoms with Crippen molar-refractivity contribution in [2.45, 2.75) is 25.2 Å². The Kier molecular flexibility index (Phi) is 3.31. The number of hydrogen-bond acceptors (Lipinski definition) is 3. The molecule has 92 valence electrons. The summed E-state index contributed by atoms with van der Waals surface area (Å²) in [4.78, 5) is 16.9. The third kappa shape index (κ3) is 2.15. The zero-order chi connectivity index (χ0) is 12.5. The van der Waals surface area contributed by atoms with E-state index >= 15 is 0 Å². The smallest absolute Gasteiger partial charge is 0.172 e. The quantitative estimate of drug-likeness (QED) is 0.775. The van der Waals surface area contributed by atoms with Crippen molar-refractivity contribution in [2.24, 2.45) is 0 Å². The van der Waals surface area contributed by atoms with E-state index in [1.165, 1.54) is 5.56 Å². The standard InChI is InChI=1S/C14H12BrNOS/c15-12-7-10(8-18-12)14(17)11-5-1-3-9-4-2-6-16-13(9)11/h2,4,6-8,11H,1,3,5H2. The van der Waals surface area contributed by atoms with E-state index in [2.05, 4.69) is 27.0 Å². The van der Waals surface area contributed by atoms with Crippen LogP contribution in [-0.4, -0.2) is 10.8 Å². The number of nitrogens with zero attached hydrogens (tertiary/aromatic N) is 1. The molecule has 0 saturated heterocycles. The summed E-state index contributed by atoms with van der Waals surface area (Å²) in [7, 11) is 0. The van der Waals surface area contributed by atoms with Crippen molar-refractivity contribution in [1.29, 1.82) is 0 Å². The number of hydrogen-bond donors (Lipinski definition) is 0. The second-order valence-corrected chi connectivity index (χ2v) is 6.79. The fourth-order valence-electron chi connectivity index (χ4n) is 2.51. The molecule has 3 rings (SSSR count). The highest BCUT2D eigenvalue weighted by atomic mass is 79.9. The third-order valence-electron chi connectivity index (χ3n) is 3.36. The van der Waals surface area contributed by atoms with Gasteiger partial charge in [-0.1, -0.05) is 6.07 Å². The Hall–Kier alpha value is -1.00. The maximum Gasteiger partial charge on any atom is 0.172 e. The van der Waals surface area contributed by atoms with Crippen LogP contribution in [0.3, 0.4) is 0 Å². The molecule has 4 heteroatoms. The Bertz CT molecular complexity index is 593. The number of halogens is 1. The second kappa shape index (κ2) is 4.94. The first kappa shape index (κ1) is 12.1. The largest absolute Gasteiger partial charge is 0.293 e. The molecule has 1 aliphatic carbocycles. The van der Waals surface area contributed by atoms with Crippen LogP contribution in [0.25, 0.3) is 0 Å². The highest BCUT2D eigenvalue weighted by Gasteiger charge is 2.28. The molecule has 0 amide bonds. The molecule has 1 unspecified atom stereocenters. The van der Waals surface area contributed by atoms with Gasteiger partial charge in [0.1, 0.15) is 0 Å². The number of carbonyl (C=O) groups is 1. The van der Waals surface area contributed by atoms with Gasteiger partial charge in [0.05, 0.1) is 15.4 Å². The number of aromatic nitrogens is 1. The van der Waals surface area contributed by atoms with Crippen LogP contribution in [0.15, 0.2) is 33.6 Å². The highest BCUT2D eigenvalue weighted by Crippen LogP contribution is 2.34. The molecule has 0 bridgehead atoms. The van der Waals surface area contributed by atoms with Crippen molar-refractivity contribution in [3.63, 3.8) is 0 Å². The van der Waals surface area contributed by atoms with E-state index in [1.807, 2.05) is 17.5 Å². The Morgan fingerprint density at radius 1 is 1.50 bits per heavy atom. The summed E-state index contributed by atoms with van der Waals surface area (Å²) in [5.41, 5.74) is 3.02. The van der Waals surface area contributed by atoms with Crippen molar-refractivity contribution in [2.75, 3.05) is 0 Å². The maximum absolute atomic E-state index is 12.5. The number of aryl methyl sites for hydroxylation is 1. The van der Waals surface area contributed by atoms with E-state index in [0.29, 0.717) is 0 Å². The van der Waals surface area contributed by atoms with Crippen LogP contribution in [0, 0.1) is 0 Å². The van der Waals surface area contributed by atoms with Crippen molar-refractivity contribution < 1.29 is 4.79 Å². The predicted molar refractivity (Wildman–Crippen MR) is 76.3 cm³/mol. The van der Waals surface area contributed by atoms with E-state index in [1.54, 1.807) is 17.5 Å². The number of carbonyl (C=O) groups excluding carboxylic acids is 1. The average Bonchev–Trinajstić information content (AvgIpc) is 2.84. The topological polar surface area (TPSA) is 30.0 Å². The minimum absolute atomic E-state index is 0.0588. The first-order valence-corrected chi connectivity index (χ1v) is 7.65. The minimum Gasteiger partial charge on any atom is -0.293 e. The summed E-state index contributed by atoms with van der Waals surface area (Å²) >= 11 is 4.96. The van der Waals surface area contributed by atoms with E-state index in [4.69, 9.17) is 0 Å². The molecule has 0 spiro atoms. The molecule has 0 aliphatic heterocycles. The number of thiophene rings is 1. The van der Waals surface area contributed by atoms with Gasteiger partial charge in [-0.15, -0.1) is 11.3 Å². The Morgan fingerprint density at radius 3 is 3.17 bits per heavy atom. The monoisotopic (exact) mass is 321 g/mol. The summed E-state index contributed by atoms with van der Waals surface area (Å²) in [5.74, 6) is 0.146. The molecule has 2 aromatic rings. The van der Waals surface area contributed by atoms with Gasteiger partial charge in [0, 0.05) is 17.1 Å². The Morgan fingerprint density at radius 2 is 2.39 bits per heavy atom. The van der Waals surface area contributed by atoms with Crippen LogP contribution < -0.4 is 0 Å². The maximum atomic E-state index is 12.5. The van der Waals surface area contributed by atoms with Crippen molar-refractivity contribution in [1.82, 2.24) is 4.98 Å². The van der Waals surface area contributed by atoms with Crippen LogP contribution in [-0.2, 0) is 6.42 Å². The first-order valence-electron chi connectivity index (χ1n) is 5.98. The van der Waals surface area contributed by atoms with Gasteiger partial charge < -0.3 is 0 Å². The van der Waals surface area contributed by atoms with Crippen LogP contribution in [0.4, 0.5) is 0 Å². The highest BCUT2D eigenvalue weighted by molar-refractivity contribution is 9.11. The van der Waals surface area contributed by atoms with E-state index in [9.17, 15) is 4.79 Å². The SMILES string of the molecule is O=C(c1csc(Br)c1)C1CCCc2cccnc21. The summed E-state index contributed by atoms with van der Waals surface area (Å²) < 4.78 is 1.00. The van der Waals surface area contributed by atoms with Crippen molar-refractivity contribution in [3.8, 4) is 0 Å². The summed E-state index contributed by atoms with van der Waals surface area (Å²) in [5, 5.41) is 1.92. The number of ketones is 1. The fraction of sp³-hybridized carbons (Fsp3) is 0.286. The number of Topliss-reactive ketones (excluding diaryl/α,β-unsaturated/α-hetero) is 1. The van der Waals surface area contributed by atoms with Gasteiger partial charge in [-0.3, -0.25) is 9.78 Å². The van der Waals surface area contributed by atoms with Gasteiger partial charge in [-0.2, -0.15) is 0 Å². The predicted octanol–water partition coefficient (Wildman–Crippen LogP) is 4.21. The molecule has 2 aromatic heterocycles. The van der Waals surface area contributed by atoms with Crippen LogP contribution in [0.2, 0.25) is 0 Å². The molecule has 0 saturated carbocycles. The summed E-state index contributed by atoms with van der Waals surface area (Å²) in [6, 6.07) is 5.95. The normalized spacial score (nSPS) is 18.4. The summed E-state index contributed by atoms with van der Waals surface area (Å²) in [6.07, 6.45) is 4.81. The molecule has 1 aliphatic rings. The zero-order valence-corrected chi connectivity index (χ0v) is 12.1. The van der Waals surface area contributed by atoms with Gasteiger partial charge in [0.25, 0.3) is 0 Å². The lowest BCUT2D eigenvalue weighted by molar-refractivity contribution is 0.0949. The van der Waals surface area contributed by atoms with Gasteiger partial charge in [0.15, 0.2) is 5.78 Å². The Balaban J connectivity index is 1.96. The van der Waals surface area contributed by atoms with Gasteiger partial charge >= 0.3 is 0 Å². The minimum atomic E-state index is -0.0588. The van der Waals surface area contributed by atoms with E-state index < -0.39 is 0 Å². The molecular formula is C14H12BrNOS. The average molecular weight is 322 g/mol. The van der Waals surface area contributed by atoms with E-state index in [0.717, 1.165) is 34.3 Å². The van der Waals surface area contributed by atoms with Crippen molar-refractivity contribution in [3.05, 3.63) is 50.4 Å². The summed E-state index contributed by atoms with van der Waals surface area (Å²) in [6.45, 7) is 0. The van der Waals surface area contributed by atoms with E-state index in [-0.39, 0.29) is 11.7 Å². The number of fused-ring (bicyclic) bond motifs is 1. The molecule has 1 atom stereocenters. The second-order valence-electron chi connectivity index (χ2n) is 4.50. The molecule has 2 nitrogen and oxygen atoms in total. The molecule has 2 heterocycles.